The first-order chi connectivity index (χ1) is 10.4. The molecule has 0 radical (unpaired) electrons. The average molecular weight is 318 g/mol. The molecule has 22 heavy (non-hydrogen) atoms. The van der Waals surface area contributed by atoms with Crippen molar-refractivity contribution in [3.63, 3.8) is 0 Å². The Kier molecular flexibility index (Phi) is 6.58. The summed E-state index contributed by atoms with van der Waals surface area (Å²) in [5, 5.41) is 13.6. The van der Waals surface area contributed by atoms with E-state index in [9.17, 15) is 5.11 Å². The average Bonchev–Trinajstić information content (AvgIpc) is 2.48. The van der Waals surface area contributed by atoms with Gasteiger partial charge in [-0.15, -0.1) is 0 Å². The zero-order valence-corrected chi connectivity index (χ0v) is 13.9. The Morgan fingerprint density at radius 1 is 1.23 bits per heavy atom. The predicted molar refractivity (Wildman–Crippen MR) is 81.5 cm³/mol. The molecule has 4 N–H and O–H groups in total. The van der Waals surface area contributed by atoms with Gasteiger partial charge in [-0.2, -0.15) is 0 Å². The zero-order valence-electron chi connectivity index (χ0n) is 13.9. The zero-order chi connectivity index (χ0) is 16.3. The minimum absolute atomic E-state index is 0.00963. The molecule has 0 amide bonds. The first-order valence-electron chi connectivity index (χ1n) is 8.03. The first kappa shape index (κ1) is 18.1. The van der Waals surface area contributed by atoms with Crippen LogP contribution in [0, 0.1) is 0 Å². The molecule has 2 aliphatic heterocycles. The number of hydrogen-bond donors (Lipinski definition) is 3. The molecule has 0 bridgehead atoms. The van der Waals surface area contributed by atoms with Crippen molar-refractivity contribution >= 4 is 0 Å². The lowest BCUT2D eigenvalue weighted by Gasteiger charge is -2.41. The molecule has 1 unspecified atom stereocenters. The Hall–Kier alpha value is -0.280. The molecular formula is C15H30N2O5. The van der Waals surface area contributed by atoms with Gasteiger partial charge in [-0.1, -0.05) is 13.8 Å². The summed E-state index contributed by atoms with van der Waals surface area (Å²) < 4.78 is 22.7. The van der Waals surface area contributed by atoms with Gasteiger partial charge >= 0.3 is 0 Å². The van der Waals surface area contributed by atoms with Crippen molar-refractivity contribution in [1.82, 2.24) is 5.32 Å². The molecule has 130 valence electrons. The highest BCUT2D eigenvalue weighted by Crippen LogP contribution is 2.23. The number of nitrogens with one attached hydrogen (secondary N) is 1. The summed E-state index contributed by atoms with van der Waals surface area (Å²) in [4.78, 5) is 0. The molecule has 2 heterocycles. The number of aliphatic hydroxyl groups is 1. The van der Waals surface area contributed by atoms with Gasteiger partial charge in [-0.05, 0) is 6.92 Å². The lowest BCUT2D eigenvalue weighted by atomic mass is 9.99. The summed E-state index contributed by atoms with van der Waals surface area (Å²) in [5.41, 5.74) is 5.92. The smallest absolute Gasteiger partial charge is 0.160 e. The Labute approximate surface area is 132 Å². The molecule has 2 fully saturated rings. The van der Waals surface area contributed by atoms with E-state index in [0.29, 0.717) is 25.7 Å². The summed E-state index contributed by atoms with van der Waals surface area (Å²) in [6.45, 7) is 6.86. The summed E-state index contributed by atoms with van der Waals surface area (Å²) in [6.07, 6.45) is -1.19. The van der Waals surface area contributed by atoms with E-state index >= 15 is 0 Å². The van der Waals surface area contributed by atoms with Crippen LogP contribution in [-0.2, 0) is 18.9 Å². The van der Waals surface area contributed by atoms with Crippen LogP contribution in [0.25, 0.3) is 0 Å². The molecule has 2 aliphatic rings. The molecule has 7 heteroatoms. The maximum atomic E-state index is 10.2. The minimum atomic E-state index is -0.750. The van der Waals surface area contributed by atoms with Gasteiger partial charge in [0.05, 0.1) is 37.5 Å². The molecular weight excluding hydrogens is 288 g/mol. The molecule has 7 atom stereocenters. The van der Waals surface area contributed by atoms with E-state index in [1.165, 1.54) is 0 Å². The number of hydrogen-bond acceptors (Lipinski definition) is 7. The van der Waals surface area contributed by atoms with Gasteiger partial charge in [0.25, 0.3) is 0 Å². The van der Waals surface area contributed by atoms with Crippen LogP contribution in [0.4, 0.5) is 0 Å². The van der Waals surface area contributed by atoms with E-state index in [0.717, 1.165) is 0 Å². The van der Waals surface area contributed by atoms with Crippen LogP contribution in [-0.4, -0.2) is 74.3 Å². The van der Waals surface area contributed by atoms with Crippen molar-refractivity contribution in [3.05, 3.63) is 0 Å². The molecule has 2 rings (SSSR count). The Balaban J connectivity index is 1.87. The van der Waals surface area contributed by atoms with Gasteiger partial charge in [0, 0.05) is 19.6 Å². The molecule has 7 nitrogen and oxygen atoms in total. The third-order valence-electron chi connectivity index (χ3n) is 4.35. The summed E-state index contributed by atoms with van der Waals surface area (Å²) >= 11 is 0. The molecule has 0 aromatic rings. The highest BCUT2D eigenvalue weighted by atomic mass is 16.7. The third kappa shape index (κ3) is 4.38. The lowest BCUT2D eigenvalue weighted by molar-refractivity contribution is -0.255. The van der Waals surface area contributed by atoms with Crippen molar-refractivity contribution in [1.29, 1.82) is 0 Å². The van der Waals surface area contributed by atoms with Gasteiger partial charge in [-0.25, -0.2) is 0 Å². The Bertz CT molecular complexity index is 344. The molecule has 2 saturated heterocycles. The predicted octanol–water partition coefficient (Wildman–Crippen LogP) is -0.393. The van der Waals surface area contributed by atoms with E-state index in [4.69, 9.17) is 24.7 Å². The standard InChI is InChI=1S/C15H30N2O5/c1-8(2)17-10-6-21-13(5-11(10)19-4)22-12-7-20-9(3)14(16)15(12)18/h8-15,17-18H,5-7,16H2,1-4H3/t9-,10+,11+,12+,13?,14-,15-/m1/s1. The van der Waals surface area contributed by atoms with E-state index in [1.807, 2.05) is 6.92 Å². The quantitative estimate of drug-likeness (QED) is 0.635. The topological polar surface area (TPSA) is 95.2 Å². The second-order valence-electron chi connectivity index (χ2n) is 6.48. The number of ether oxygens (including phenoxy) is 4. The van der Waals surface area contributed by atoms with Gasteiger partial charge in [0.1, 0.15) is 12.2 Å². The number of rotatable bonds is 5. The maximum Gasteiger partial charge on any atom is 0.160 e. The Morgan fingerprint density at radius 2 is 1.95 bits per heavy atom. The number of methoxy groups -OCH3 is 1. The van der Waals surface area contributed by atoms with Gasteiger partial charge in [-0.3, -0.25) is 0 Å². The van der Waals surface area contributed by atoms with E-state index in [1.54, 1.807) is 7.11 Å². The van der Waals surface area contributed by atoms with Crippen LogP contribution in [0.15, 0.2) is 0 Å². The fourth-order valence-electron chi connectivity index (χ4n) is 2.98. The first-order valence-corrected chi connectivity index (χ1v) is 8.03. The van der Waals surface area contributed by atoms with E-state index in [2.05, 4.69) is 19.2 Å². The molecule has 0 aromatic heterocycles. The highest BCUT2D eigenvalue weighted by molar-refractivity contribution is 4.90. The van der Waals surface area contributed by atoms with Crippen molar-refractivity contribution in [2.24, 2.45) is 5.73 Å². The highest BCUT2D eigenvalue weighted by Gasteiger charge is 2.39. The Morgan fingerprint density at radius 3 is 2.59 bits per heavy atom. The van der Waals surface area contributed by atoms with Crippen LogP contribution >= 0.6 is 0 Å². The largest absolute Gasteiger partial charge is 0.389 e. The monoisotopic (exact) mass is 318 g/mol. The second kappa shape index (κ2) is 8.01. The minimum Gasteiger partial charge on any atom is -0.389 e. The molecule has 0 saturated carbocycles. The van der Waals surface area contributed by atoms with Gasteiger partial charge in [0.15, 0.2) is 6.29 Å². The summed E-state index contributed by atoms with van der Waals surface area (Å²) in [6, 6.07) is 0.0485. The molecule has 0 aromatic carbocycles. The van der Waals surface area contributed by atoms with E-state index < -0.39 is 24.5 Å². The summed E-state index contributed by atoms with van der Waals surface area (Å²) in [7, 11) is 1.69. The van der Waals surface area contributed by atoms with Crippen molar-refractivity contribution < 1.29 is 24.1 Å². The van der Waals surface area contributed by atoms with Gasteiger partial charge < -0.3 is 35.1 Å². The SMILES string of the molecule is CO[C@H]1CC(O[C@H]2CO[C@H](C)[C@@H](N)[C@@H]2O)OC[C@@H]1NC(C)C. The van der Waals surface area contributed by atoms with Crippen LogP contribution in [0.3, 0.4) is 0 Å². The molecule has 0 spiro atoms. The van der Waals surface area contributed by atoms with Crippen molar-refractivity contribution in [2.45, 2.75) is 76.0 Å². The van der Waals surface area contributed by atoms with Crippen molar-refractivity contribution in [3.8, 4) is 0 Å². The lowest BCUT2D eigenvalue weighted by Crippen LogP contribution is -2.59. The number of aliphatic hydroxyl groups excluding tert-OH is 1. The molecule has 0 aliphatic carbocycles. The number of nitrogens with two attached hydrogens (primary N) is 1. The van der Waals surface area contributed by atoms with Crippen LogP contribution in [0.5, 0.6) is 0 Å². The normalized spacial score (nSPS) is 43.5. The van der Waals surface area contributed by atoms with Crippen LogP contribution in [0.1, 0.15) is 27.2 Å². The van der Waals surface area contributed by atoms with Crippen molar-refractivity contribution in [2.75, 3.05) is 20.3 Å². The second-order valence-corrected chi connectivity index (χ2v) is 6.48. The van der Waals surface area contributed by atoms with Crippen LogP contribution in [0.2, 0.25) is 0 Å². The fraction of sp³-hybridized carbons (Fsp3) is 1.00. The maximum absolute atomic E-state index is 10.2. The fourth-order valence-corrected chi connectivity index (χ4v) is 2.98. The van der Waals surface area contributed by atoms with Gasteiger partial charge in [0.2, 0.25) is 0 Å². The third-order valence-corrected chi connectivity index (χ3v) is 4.35. The van der Waals surface area contributed by atoms with Crippen LogP contribution < -0.4 is 11.1 Å². The summed E-state index contributed by atoms with van der Waals surface area (Å²) in [5.74, 6) is 0. The van der Waals surface area contributed by atoms with E-state index in [-0.39, 0.29) is 18.2 Å².